The highest BCUT2D eigenvalue weighted by Gasteiger charge is 2.43. The Bertz CT molecular complexity index is 452. The minimum Gasteiger partial charge on any atom is -0.385 e. The number of aryl methyl sites for hydroxylation is 1. The third-order valence-electron chi connectivity index (χ3n) is 4.06. The third kappa shape index (κ3) is 2.59. The van der Waals surface area contributed by atoms with Gasteiger partial charge in [0.05, 0.1) is 5.60 Å². The van der Waals surface area contributed by atoms with Crippen LogP contribution in [0.15, 0.2) is 18.2 Å². The standard InChI is InChI=1S/C16H23FO/c1-11-8-15(3,4)10-16(18,9-11)14-7-13(17)6-5-12(14)2/h5-7,11,18H,8-10H2,1-4H3. The van der Waals surface area contributed by atoms with Crippen LogP contribution in [0.4, 0.5) is 4.39 Å². The molecule has 1 aromatic rings. The molecule has 0 amide bonds. The highest BCUT2D eigenvalue weighted by Crippen LogP contribution is 2.49. The van der Waals surface area contributed by atoms with Crippen molar-refractivity contribution in [1.82, 2.24) is 0 Å². The molecule has 0 radical (unpaired) electrons. The lowest BCUT2D eigenvalue weighted by atomic mass is 9.63. The molecule has 1 fully saturated rings. The number of hydrogen-bond acceptors (Lipinski definition) is 1. The number of rotatable bonds is 1. The van der Waals surface area contributed by atoms with Crippen LogP contribution in [0.2, 0.25) is 0 Å². The summed E-state index contributed by atoms with van der Waals surface area (Å²) in [5.41, 5.74) is 0.962. The van der Waals surface area contributed by atoms with Crippen molar-refractivity contribution in [3.05, 3.63) is 35.1 Å². The Morgan fingerprint density at radius 3 is 2.56 bits per heavy atom. The van der Waals surface area contributed by atoms with Gasteiger partial charge in [0, 0.05) is 0 Å². The van der Waals surface area contributed by atoms with Crippen molar-refractivity contribution < 1.29 is 9.50 Å². The Labute approximate surface area is 109 Å². The van der Waals surface area contributed by atoms with Crippen LogP contribution in [-0.4, -0.2) is 5.11 Å². The van der Waals surface area contributed by atoms with Gasteiger partial charge in [0.1, 0.15) is 5.82 Å². The molecule has 2 unspecified atom stereocenters. The monoisotopic (exact) mass is 250 g/mol. The van der Waals surface area contributed by atoms with E-state index in [1.807, 2.05) is 6.92 Å². The summed E-state index contributed by atoms with van der Waals surface area (Å²) in [6.07, 6.45) is 2.54. The van der Waals surface area contributed by atoms with E-state index in [4.69, 9.17) is 0 Å². The summed E-state index contributed by atoms with van der Waals surface area (Å²) < 4.78 is 13.5. The Morgan fingerprint density at radius 2 is 1.94 bits per heavy atom. The van der Waals surface area contributed by atoms with E-state index in [1.165, 1.54) is 12.1 Å². The van der Waals surface area contributed by atoms with Gasteiger partial charge < -0.3 is 5.11 Å². The topological polar surface area (TPSA) is 20.2 Å². The maximum Gasteiger partial charge on any atom is 0.123 e. The summed E-state index contributed by atoms with van der Waals surface area (Å²) in [6, 6.07) is 4.72. The van der Waals surface area contributed by atoms with Crippen molar-refractivity contribution in [3.8, 4) is 0 Å². The van der Waals surface area contributed by atoms with Crippen molar-refractivity contribution in [1.29, 1.82) is 0 Å². The number of halogens is 1. The first-order valence-corrected chi connectivity index (χ1v) is 6.71. The molecular weight excluding hydrogens is 227 g/mol. The summed E-state index contributed by atoms with van der Waals surface area (Å²) in [5.74, 6) is 0.196. The number of hydrogen-bond donors (Lipinski definition) is 1. The molecule has 0 aromatic heterocycles. The van der Waals surface area contributed by atoms with E-state index >= 15 is 0 Å². The SMILES string of the molecule is Cc1ccc(F)cc1C1(O)CC(C)CC(C)(C)C1. The van der Waals surface area contributed by atoms with Crippen LogP contribution >= 0.6 is 0 Å². The molecule has 18 heavy (non-hydrogen) atoms. The van der Waals surface area contributed by atoms with E-state index in [1.54, 1.807) is 6.07 Å². The third-order valence-corrected chi connectivity index (χ3v) is 4.06. The largest absolute Gasteiger partial charge is 0.385 e. The molecule has 1 N–H and O–H groups in total. The Kier molecular flexibility index (Phi) is 3.26. The van der Waals surface area contributed by atoms with Gasteiger partial charge >= 0.3 is 0 Å². The average Bonchev–Trinajstić information content (AvgIpc) is 2.17. The zero-order valence-electron chi connectivity index (χ0n) is 11.8. The predicted octanol–water partition coefficient (Wildman–Crippen LogP) is 4.17. The predicted molar refractivity (Wildman–Crippen MR) is 71.8 cm³/mol. The smallest absolute Gasteiger partial charge is 0.123 e. The van der Waals surface area contributed by atoms with Gasteiger partial charge in [-0.15, -0.1) is 0 Å². The molecule has 0 heterocycles. The summed E-state index contributed by atoms with van der Waals surface area (Å²) in [6.45, 7) is 8.48. The summed E-state index contributed by atoms with van der Waals surface area (Å²) in [5, 5.41) is 11.0. The van der Waals surface area contributed by atoms with Gasteiger partial charge in [0.15, 0.2) is 0 Å². The first-order valence-electron chi connectivity index (χ1n) is 6.71. The first kappa shape index (κ1) is 13.5. The van der Waals surface area contributed by atoms with E-state index in [9.17, 15) is 9.50 Å². The van der Waals surface area contributed by atoms with Crippen LogP contribution in [0.1, 0.15) is 51.2 Å². The maximum atomic E-state index is 13.5. The zero-order valence-corrected chi connectivity index (χ0v) is 11.8. The summed E-state index contributed by atoms with van der Waals surface area (Å²) in [7, 11) is 0. The van der Waals surface area contributed by atoms with Crippen LogP contribution in [-0.2, 0) is 5.60 Å². The maximum absolute atomic E-state index is 13.5. The molecule has 100 valence electrons. The second kappa shape index (κ2) is 4.34. The van der Waals surface area contributed by atoms with E-state index in [0.717, 1.165) is 24.0 Å². The molecule has 1 aliphatic rings. The Morgan fingerprint density at radius 1 is 1.28 bits per heavy atom. The Balaban J connectivity index is 2.43. The second-order valence-electron chi connectivity index (χ2n) is 6.85. The zero-order chi connectivity index (χ0) is 13.6. The van der Waals surface area contributed by atoms with E-state index in [0.29, 0.717) is 12.3 Å². The molecule has 1 aromatic carbocycles. The molecule has 0 spiro atoms. The lowest BCUT2D eigenvalue weighted by Gasteiger charge is -2.45. The van der Waals surface area contributed by atoms with Crippen LogP contribution in [0.3, 0.4) is 0 Å². The normalized spacial score (nSPS) is 31.3. The minimum absolute atomic E-state index is 0.102. The van der Waals surface area contributed by atoms with Crippen molar-refractivity contribution in [2.75, 3.05) is 0 Å². The molecule has 2 atom stereocenters. The summed E-state index contributed by atoms with van der Waals surface area (Å²) >= 11 is 0. The van der Waals surface area contributed by atoms with Crippen LogP contribution in [0.5, 0.6) is 0 Å². The fourth-order valence-corrected chi connectivity index (χ4v) is 3.83. The van der Waals surface area contributed by atoms with Crippen LogP contribution in [0, 0.1) is 24.1 Å². The van der Waals surface area contributed by atoms with Crippen molar-refractivity contribution in [2.45, 2.75) is 52.6 Å². The van der Waals surface area contributed by atoms with Gasteiger partial charge in [-0.3, -0.25) is 0 Å². The van der Waals surface area contributed by atoms with Crippen LogP contribution in [0.25, 0.3) is 0 Å². The van der Waals surface area contributed by atoms with Gasteiger partial charge in [-0.05, 0) is 60.8 Å². The Hall–Kier alpha value is -0.890. The van der Waals surface area contributed by atoms with Gasteiger partial charge in [-0.25, -0.2) is 4.39 Å². The minimum atomic E-state index is -0.882. The summed E-state index contributed by atoms with van der Waals surface area (Å²) in [4.78, 5) is 0. The first-order chi connectivity index (χ1) is 8.22. The van der Waals surface area contributed by atoms with Gasteiger partial charge in [-0.1, -0.05) is 26.8 Å². The van der Waals surface area contributed by atoms with Gasteiger partial charge in [0.2, 0.25) is 0 Å². The highest BCUT2D eigenvalue weighted by molar-refractivity contribution is 5.33. The molecule has 0 saturated heterocycles. The van der Waals surface area contributed by atoms with E-state index < -0.39 is 5.60 Å². The quantitative estimate of drug-likeness (QED) is 0.793. The molecule has 1 aliphatic carbocycles. The van der Waals surface area contributed by atoms with E-state index in [2.05, 4.69) is 20.8 Å². The second-order valence-corrected chi connectivity index (χ2v) is 6.85. The molecule has 1 nitrogen and oxygen atoms in total. The van der Waals surface area contributed by atoms with Gasteiger partial charge in [-0.2, -0.15) is 0 Å². The molecule has 2 heteroatoms. The van der Waals surface area contributed by atoms with Crippen molar-refractivity contribution >= 4 is 0 Å². The van der Waals surface area contributed by atoms with E-state index in [-0.39, 0.29) is 11.2 Å². The fraction of sp³-hybridized carbons (Fsp3) is 0.625. The molecule has 2 rings (SSSR count). The average molecular weight is 250 g/mol. The number of benzene rings is 1. The lowest BCUT2D eigenvalue weighted by Crippen LogP contribution is -2.40. The van der Waals surface area contributed by atoms with Crippen molar-refractivity contribution in [2.24, 2.45) is 11.3 Å². The van der Waals surface area contributed by atoms with Gasteiger partial charge in [0.25, 0.3) is 0 Å². The molecule has 1 saturated carbocycles. The fourth-order valence-electron chi connectivity index (χ4n) is 3.83. The molecule has 0 bridgehead atoms. The van der Waals surface area contributed by atoms with Crippen molar-refractivity contribution in [3.63, 3.8) is 0 Å². The molecular formula is C16H23FO. The highest BCUT2D eigenvalue weighted by atomic mass is 19.1. The van der Waals surface area contributed by atoms with Crippen LogP contribution < -0.4 is 0 Å². The lowest BCUT2D eigenvalue weighted by molar-refractivity contribution is -0.0641. The number of aliphatic hydroxyl groups is 1. The molecule has 0 aliphatic heterocycles.